The summed E-state index contributed by atoms with van der Waals surface area (Å²) in [5.41, 5.74) is 0. The van der Waals surface area contributed by atoms with Crippen LogP contribution in [-0.2, 0) is 4.57 Å². The van der Waals surface area contributed by atoms with Gasteiger partial charge in [-0.1, -0.05) is 0 Å². The standard InChI is InChI=1S/C3H3N3.H3N.H3O3P/c1-4-2-6-3-5-1;;1-4(2)3/h1-3H;1H3;4H,(H2,1,2,3). The maximum Gasteiger partial charge on any atom is 0.314 e. The van der Waals surface area contributed by atoms with Crippen molar-refractivity contribution in [2.75, 3.05) is 0 Å². The van der Waals surface area contributed by atoms with E-state index in [2.05, 4.69) is 15.0 Å². The summed E-state index contributed by atoms with van der Waals surface area (Å²) in [6.45, 7) is 0. The van der Waals surface area contributed by atoms with E-state index < -0.39 is 8.25 Å². The van der Waals surface area contributed by atoms with Crippen molar-refractivity contribution in [1.29, 1.82) is 0 Å². The van der Waals surface area contributed by atoms with Crippen molar-refractivity contribution < 1.29 is 14.4 Å². The Morgan fingerprint density at radius 3 is 1.27 bits per heavy atom. The molecule has 0 saturated carbocycles. The first-order chi connectivity index (χ1) is 4.73. The van der Waals surface area contributed by atoms with E-state index in [1.165, 1.54) is 19.0 Å². The summed E-state index contributed by atoms with van der Waals surface area (Å²) in [5, 5.41) is 0. The van der Waals surface area contributed by atoms with E-state index in [-0.39, 0.29) is 6.15 Å². The lowest BCUT2D eigenvalue weighted by molar-refractivity contribution is 0.405. The highest BCUT2D eigenvalue weighted by Crippen LogP contribution is 1.98. The first-order valence-electron chi connectivity index (χ1n) is 2.20. The Morgan fingerprint density at radius 1 is 1.00 bits per heavy atom. The lowest BCUT2D eigenvalue weighted by Crippen LogP contribution is -1.73. The van der Waals surface area contributed by atoms with Gasteiger partial charge in [0.25, 0.3) is 0 Å². The molecule has 11 heavy (non-hydrogen) atoms. The number of nitrogens with zero attached hydrogens (tertiary/aromatic N) is 3. The quantitative estimate of drug-likeness (QED) is 0.454. The zero-order valence-electron chi connectivity index (χ0n) is 5.58. The van der Waals surface area contributed by atoms with Crippen LogP contribution in [0, 0.1) is 0 Å². The van der Waals surface area contributed by atoms with E-state index in [1.54, 1.807) is 0 Å². The third kappa shape index (κ3) is 17.6. The average molecular weight is 180 g/mol. The smallest absolute Gasteiger partial charge is 0.314 e. The molecular weight excluding hydrogens is 171 g/mol. The molecule has 0 atom stereocenters. The molecule has 0 aliphatic rings. The van der Waals surface area contributed by atoms with Gasteiger partial charge in [-0.05, 0) is 0 Å². The number of aromatic nitrogens is 3. The maximum absolute atomic E-state index is 8.74. The van der Waals surface area contributed by atoms with Crippen LogP contribution >= 0.6 is 8.25 Å². The Morgan fingerprint density at radius 2 is 1.18 bits per heavy atom. The molecule has 0 aromatic carbocycles. The van der Waals surface area contributed by atoms with Crippen LogP contribution in [0.2, 0.25) is 0 Å². The maximum atomic E-state index is 8.74. The van der Waals surface area contributed by atoms with Gasteiger partial charge in [0, 0.05) is 0 Å². The fraction of sp³-hybridized carbons (Fsp3) is 0. The highest BCUT2D eigenvalue weighted by atomic mass is 31.1. The molecule has 8 heteroatoms. The summed E-state index contributed by atoms with van der Waals surface area (Å²) >= 11 is 0. The number of rotatable bonds is 0. The first kappa shape index (κ1) is 12.8. The van der Waals surface area contributed by atoms with Crippen LogP contribution in [0.5, 0.6) is 0 Å². The molecule has 0 bridgehead atoms. The van der Waals surface area contributed by atoms with Gasteiger partial charge in [-0.2, -0.15) is 0 Å². The second-order valence-corrected chi connectivity index (χ2v) is 1.64. The zero-order chi connectivity index (χ0) is 7.82. The van der Waals surface area contributed by atoms with Gasteiger partial charge in [0.1, 0.15) is 19.0 Å². The molecule has 7 nitrogen and oxygen atoms in total. The average Bonchev–Trinajstić information content (AvgIpc) is 1.90. The van der Waals surface area contributed by atoms with Gasteiger partial charge in [0.15, 0.2) is 0 Å². The predicted molar refractivity (Wildman–Crippen MR) is 38.3 cm³/mol. The second-order valence-electron chi connectivity index (χ2n) is 1.08. The minimum atomic E-state index is -3.13. The molecule has 0 aliphatic carbocycles. The highest BCUT2D eigenvalue weighted by Gasteiger charge is 1.61. The van der Waals surface area contributed by atoms with Crippen LogP contribution in [0.15, 0.2) is 19.0 Å². The van der Waals surface area contributed by atoms with E-state index in [4.69, 9.17) is 14.4 Å². The Balaban J connectivity index is 0. The van der Waals surface area contributed by atoms with Crippen LogP contribution in [0.1, 0.15) is 0 Å². The third-order valence-corrected chi connectivity index (χ3v) is 0.400. The monoisotopic (exact) mass is 180 g/mol. The molecule has 0 fully saturated rings. The summed E-state index contributed by atoms with van der Waals surface area (Å²) in [5.74, 6) is 0. The highest BCUT2D eigenvalue weighted by molar-refractivity contribution is 7.30. The SMILES string of the molecule is N.O=[PH](O)O.c1ncncn1. The van der Waals surface area contributed by atoms with Crippen molar-refractivity contribution in [3.05, 3.63) is 19.0 Å². The van der Waals surface area contributed by atoms with Crippen molar-refractivity contribution >= 4 is 8.25 Å². The molecule has 0 aliphatic heterocycles. The number of hydrogen-bond acceptors (Lipinski definition) is 5. The molecule has 1 heterocycles. The molecular formula is C3H9N4O3P. The van der Waals surface area contributed by atoms with E-state index in [0.29, 0.717) is 0 Å². The zero-order valence-corrected chi connectivity index (χ0v) is 6.58. The van der Waals surface area contributed by atoms with Crippen molar-refractivity contribution in [1.82, 2.24) is 21.1 Å². The minimum absolute atomic E-state index is 0. The largest absolute Gasteiger partial charge is 0.344 e. The van der Waals surface area contributed by atoms with Gasteiger partial charge in [0.2, 0.25) is 0 Å². The summed E-state index contributed by atoms with van der Waals surface area (Å²) in [6, 6.07) is 0. The van der Waals surface area contributed by atoms with Gasteiger partial charge < -0.3 is 15.9 Å². The van der Waals surface area contributed by atoms with Crippen molar-refractivity contribution in [2.45, 2.75) is 0 Å². The second kappa shape index (κ2) is 9.12. The molecule has 1 aromatic heterocycles. The Bertz CT molecular complexity index is 152. The molecule has 1 aromatic rings. The molecule has 0 spiro atoms. The molecule has 0 amide bonds. The summed E-state index contributed by atoms with van der Waals surface area (Å²) < 4.78 is 8.74. The Labute approximate surface area is 63.7 Å². The lowest BCUT2D eigenvalue weighted by atomic mass is 11.1. The van der Waals surface area contributed by atoms with Crippen LogP contribution in [-0.4, -0.2) is 24.7 Å². The Kier molecular flexibility index (Phi) is 10.6. The molecule has 0 unspecified atom stereocenters. The van der Waals surface area contributed by atoms with Crippen LogP contribution in [0.3, 0.4) is 0 Å². The normalized spacial score (nSPS) is 7.55. The fourth-order valence-electron chi connectivity index (χ4n) is 0.205. The minimum Gasteiger partial charge on any atom is -0.344 e. The third-order valence-electron chi connectivity index (χ3n) is 0.400. The van der Waals surface area contributed by atoms with Gasteiger partial charge in [-0.25, -0.2) is 15.0 Å². The van der Waals surface area contributed by atoms with Crippen LogP contribution in [0.4, 0.5) is 0 Å². The van der Waals surface area contributed by atoms with Gasteiger partial charge in [-0.3, -0.25) is 4.57 Å². The lowest BCUT2D eigenvalue weighted by Gasteiger charge is -1.69. The fourth-order valence-corrected chi connectivity index (χ4v) is 0.205. The van der Waals surface area contributed by atoms with Crippen LogP contribution in [0.25, 0.3) is 0 Å². The summed E-state index contributed by atoms with van der Waals surface area (Å²) in [6.07, 6.45) is 4.31. The van der Waals surface area contributed by atoms with E-state index in [0.717, 1.165) is 0 Å². The number of hydrogen-bond donors (Lipinski definition) is 3. The van der Waals surface area contributed by atoms with Crippen molar-refractivity contribution in [2.24, 2.45) is 0 Å². The van der Waals surface area contributed by atoms with E-state index in [9.17, 15) is 0 Å². The first-order valence-corrected chi connectivity index (χ1v) is 3.50. The van der Waals surface area contributed by atoms with Gasteiger partial charge in [0.05, 0.1) is 0 Å². The van der Waals surface area contributed by atoms with Crippen molar-refractivity contribution in [3.8, 4) is 0 Å². The molecule has 64 valence electrons. The molecule has 5 N–H and O–H groups in total. The van der Waals surface area contributed by atoms with Gasteiger partial charge in [-0.15, -0.1) is 0 Å². The van der Waals surface area contributed by atoms with E-state index >= 15 is 0 Å². The Hall–Kier alpha value is -0.880. The molecule has 0 radical (unpaired) electrons. The van der Waals surface area contributed by atoms with Crippen molar-refractivity contribution in [3.63, 3.8) is 0 Å². The summed E-state index contributed by atoms with van der Waals surface area (Å²) in [4.78, 5) is 25.0. The van der Waals surface area contributed by atoms with E-state index in [1.807, 2.05) is 0 Å². The van der Waals surface area contributed by atoms with Crippen LogP contribution < -0.4 is 6.15 Å². The molecule has 1 rings (SSSR count). The summed E-state index contributed by atoms with van der Waals surface area (Å²) in [7, 11) is -3.13. The molecule has 0 saturated heterocycles. The topological polar surface area (TPSA) is 131 Å². The van der Waals surface area contributed by atoms with Gasteiger partial charge >= 0.3 is 8.25 Å². The predicted octanol–water partition coefficient (Wildman–Crippen LogP) is -0.606.